The molecule has 0 aromatic rings. The summed E-state index contributed by atoms with van der Waals surface area (Å²) in [6.45, 7) is 4.35. The van der Waals surface area contributed by atoms with Crippen LogP contribution in [0.25, 0.3) is 0 Å². The van der Waals surface area contributed by atoms with Crippen molar-refractivity contribution in [3.63, 3.8) is 0 Å². The fourth-order valence-corrected chi connectivity index (χ4v) is 0.598. The van der Waals surface area contributed by atoms with Gasteiger partial charge in [-0.15, -0.1) is 0 Å². The van der Waals surface area contributed by atoms with Crippen LogP contribution in [0, 0.1) is 6.42 Å². The molecule has 8 heavy (non-hydrogen) atoms. The molecular weight excluding hydrogens is 268 g/mol. The van der Waals surface area contributed by atoms with Crippen LogP contribution in [0.3, 0.4) is 0 Å². The molecule has 0 bridgehead atoms. The van der Waals surface area contributed by atoms with E-state index in [0.717, 1.165) is 0 Å². The van der Waals surface area contributed by atoms with E-state index >= 15 is 0 Å². The summed E-state index contributed by atoms with van der Waals surface area (Å²) in [6.07, 6.45) is 7.65. The van der Waals surface area contributed by atoms with E-state index < -0.39 is 0 Å². The van der Waals surface area contributed by atoms with Crippen LogP contribution in [-0.4, -0.2) is 0 Å². The largest absolute Gasteiger partial charge is 0.332 e. The predicted octanol–water partition coefficient (Wildman–Crippen LogP) is 2.79. The molecule has 50 valence electrons. The van der Waals surface area contributed by atoms with Gasteiger partial charge in [-0.3, -0.25) is 0 Å². The van der Waals surface area contributed by atoms with Gasteiger partial charge < -0.3 is 6.42 Å². The molecule has 0 spiro atoms. The van der Waals surface area contributed by atoms with Crippen molar-refractivity contribution in [2.24, 2.45) is 0 Å². The first-order valence-corrected chi connectivity index (χ1v) is 3.19. The minimum absolute atomic E-state index is 0. The Hall–Kier alpha value is 0.688. The average Bonchev–Trinajstić information content (AvgIpc) is 1.69. The van der Waals surface area contributed by atoms with E-state index in [0.29, 0.717) is 0 Å². The van der Waals surface area contributed by atoms with Crippen LogP contribution >= 0.6 is 0 Å². The van der Waals surface area contributed by atoms with E-state index in [1.807, 2.05) is 0 Å². The third-order valence-corrected chi connectivity index (χ3v) is 1.10. The summed E-state index contributed by atoms with van der Waals surface area (Å²) in [5.41, 5.74) is 0. The van der Waals surface area contributed by atoms with Crippen LogP contribution in [0.4, 0.5) is 0 Å². The SMILES string of the molecule is C[CH-]CCCCC.[W]. The van der Waals surface area contributed by atoms with Gasteiger partial charge in [-0.1, -0.05) is 26.2 Å². The summed E-state index contributed by atoms with van der Waals surface area (Å²) in [5.74, 6) is 0. The van der Waals surface area contributed by atoms with E-state index in [4.69, 9.17) is 0 Å². The minimum atomic E-state index is 0. The second-order valence-corrected chi connectivity index (χ2v) is 1.90. The van der Waals surface area contributed by atoms with Gasteiger partial charge in [0, 0.05) is 21.1 Å². The standard InChI is InChI=1S/C7H15.W/c1-3-5-7-6-4-2;/h3H,4-7H2,1-2H3;/q-1;. The van der Waals surface area contributed by atoms with E-state index in [-0.39, 0.29) is 21.1 Å². The van der Waals surface area contributed by atoms with Crippen molar-refractivity contribution in [1.82, 2.24) is 0 Å². The van der Waals surface area contributed by atoms with Crippen LogP contribution in [0.2, 0.25) is 0 Å². The minimum Gasteiger partial charge on any atom is -0.332 e. The van der Waals surface area contributed by atoms with Gasteiger partial charge in [0.15, 0.2) is 0 Å². The second kappa shape index (κ2) is 10.6. The van der Waals surface area contributed by atoms with Crippen molar-refractivity contribution in [2.75, 3.05) is 0 Å². The fraction of sp³-hybridized carbons (Fsp3) is 0.857. The number of hydrogen-bond acceptors (Lipinski definition) is 0. The molecule has 0 saturated carbocycles. The normalized spacial score (nSPS) is 8.25. The van der Waals surface area contributed by atoms with Gasteiger partial charge in [-0.25, -0.2) is 0 Å². The van der Waals surface area contributed by atoms with Gasteiger partial charge in [-0.05, 0) is 0 Å². The van der Waals surface area contributed by atoms with Crippen LogP contribution in [0.5, 0.6) is 0 Å². The quantitative estimate of drug-likeness (QED) is 0.550. The van der Waals surface area contributed by atoms with Crippen LogP contribution < -0.4 is 0 Å². The van der Waals surface area contributed by atoms with Crippen LogP contribution in [-0.2, 0) is 21.1 Å². The Balaban J connectivity index is 0. The van der Waals surface area contributed by atoms with Crippen molar-refractivity contribution in [3.8, 4) is 0 Å². The summed E-state index contributed by atoms with van der Waals surface area (Å²) in [6, 6.07) is 0. The predicted molar refractivity (Wildman–Crippen MR) is 34.1 cm³/mol. The Morgan fingerprint density at radius 2 is 1.88 bits per heavy atom. The summed E-state index contributed by atoms with van der Waals surface area (Å²) in [5, 5.41) is 0. The molecule has 0 N–H and O–H groups in total. The maximum Gasteiger partial charge on any atom is 0 e. The van der Waals surface area contributed by atoms with Crippen molar-refractivity contribution < 1.29 is 21.1 Å². The number of hydrogen-bond donors (Lipinski definition) is 0. The van der Waals surface area contributed by atoms with Crippen LogP contribution in [0.15, 0.2) is 0 Å². The fourth-order valence-electron chi connectivity index (χ4n) is 0.598. The van der Waals surface area contributed by atoms with E-state index in [2.05, 4.69) is 20.3 Å². The Morgan fingerprint density at radius 1 is 1.25 bits per heavy atom. The first kappa shape index (κ1) is 11.5. The molecule has 0 nitrogen and oxygen atoms in total. The molecule has 0 aliphatic rings. The van der Waals surface area contributed by atoms with Crippen LogP contribution in [0.1, 0.15) is 39.5 Å². The summed E-state index contributed by atoms with van der Waals surface area (Å²) in [7, 11) is 0. The molecule has 0 aliphatic heterocycles. The molecule has 0 amide bonds. The molecule has 0 aromatic carbocycles. The van der Waals surface area contributed by atoms with E-state index in [9.17, 15) is 0 Å². The first-order chi connectivity index (χ1) is 3.41. The van der Waals surface area contributed by atoms with E-state index in [1.54, 1.807) is 0 Å². The summed E-state index contributed by atoms with van der Waals surface area (Å²) < 4.78 is 0. The maximum atomic E-state index is 2.23. The molecular formula is C7H15W-. The number of unbranched alkanes of at least 4 members (excludes halogenated alkanes) is 4. The van der Waals surface area contributed by atoms with E-state index in [1.165, 1.54) is 25.7 Å². The zero-order chi connectivity index (χ0) is 5.54. The Labute approximate surface area is 67.3 Å². The maximum absolute atomic E-state index is 2.23. The van der Waals surface area contributed by atoms with Crippen molar-refractivity contribution >= 4 is 0 Å². The topological polar surface area (TPSA) is 0 Å². The molecule has 0 radical (unpaired) electrons. The third-order valence-electron chi connectivity index (χ3n) is 1.10. The third kappa shape index (κ3) is 9.85. The average molecular weight is 283 g/mol. The molecule has 0 heterocycles. The summed E-state index contributed by atoms with van der Waals surface area (Å²) in [4.78, 5) is 0. The van der Waals surface area contributed by atoms with Gasteiger partial charge >= 0.3 is 0 Å². The molecule has 0 fully saturated rings. The van der Waals surface area contributed by atoms with Gasteiger partial charge in [-0.2, -0.15) is 13.3 Å². The Morgan fingerprint density at radius 3 is 2.25 bits per heavy atom. The molecule has 0 aromatic heterocycles. The Kier molecular flexibility index (Phi) is 15.3. The Bertz CT molecular complexity index is 23.6. The molecule has 1 heteroatoms. The zero-order valence-corrected chi connectivity index (χ0v) is 8.75. The van der Waals surface area contributed by atoms with Crippen molar-refractivity contribution in [3.05, 3.63) is 6.42 Å². The smallest absolute Gasteiger partial charge is 0 e. The van der Waals surface area contributed by atoms with Gasteiger partial charge in [0.2, 0.25) is 0 Å². The monoisotopic (exact) mass is 283 g/mol. The molecule has 0 unspecified atom stereocenters. The molecule has 0 rings (SSSR count). The number of rotatable bonds is 4. The van der Waals surface area contributed by atoms with Crippen molar-refractivity contribution in [1.29, 1.82) is 0 Å². The zero-order valence-electron chi connectivity index (χ0n) is 5.81. The van der Waals surface area contributed by atoms with Gasteiger partial charge in [0.25, 0.3) is 0 Å². The summed E-state index contributed by atoms with van der Waals surface area (Å²) >= 11 is 0. The molecule has 0 aliphatic carbocycles. The van der Waals surface area contributed by atoms with Gasteiger partial charge in [0.05, 0.1) is 0 Å². The molecule has 0 saturated heterocycles. The second-order valence-electron chi connectivity index (χ2n) is 1.90. The molecule has 0 atom stereocenters. The van der Waals surface area contributed by atoms with Crippen molar-refractivity contribution in [2.45, 2.75) is 39.5 Å². The van der Waals surface area contributed by atoms with Gasteiger partial charge in [0.1, 0.15) is 0 Å². The first-order valence-electron chi connectivity index (χ1n) is 3.19.